The van der Waals surface area contributed by atoms with E-state index in [9.17, 15) is 9.59 Å². The van der Waals surface area contributed by atoms with Gasteiger partial charge in [0.05, 0.1) is 6.61 Å². The van der Waals surface area contributed by atoms with E-state index in [0.29, 0.717) is 41.6 Å². The van der Waals surface area contributed by atoms with Crippen molar-refractivity contribution in [1.29, 1.82) is 0 Å². The third-order valence-corrected chi connectivity index (χ3v) is 4.26. The molecule has 0 saturated heterocycles. The molecule has 0 aliphatic rings. The lowest BCUT2D eigenvalue weighted by Crippen LogP contribution is -2.24. The highest BCUT2D eigenvalue weighted by atomic mass is 16.5. The van der Waals surface area contributed by atoms with Crippen LogP contribution in [-0.4, -0.2) is 25.0 Å². The van der Waals surface area contributed by atoms with Gasteiger partial charge in [-0.2, -0.15) is 0 Å². The van der Waals surface area contributed by atoms with Crippen LogP contribution in [0, 0.1) is 5.92 Å². The van der Waals surface area contributed by atoms with Crippen LogP contribution in [0.2, 0.25) is 0 Å². The molecule has 0 aliphatic carbocycles. The Morgan fingerprint density at radius 1 is 1.00 bits per heavy atom. The molecule has 2 aromatic carbocycles. The van der Waals surface area contributed by atoms with Gasteiger partial charge in [-0.25, -0.2) is 0 Å². The first-order valence-electron chi connectivity index (χ1n) is 9.92. The summed E-state index contributed by atoms with van der Waals surface area (Å²) in [6.07, 6.45) is 2.93. The first kappa shape index (κ1) is 21.5. The van der Waals surface area contributed by atoms with Gasteiger partial charge in [0.2, 0.25) is 0 Å². The van der Waals surface area contributed by atoms with Crippen LogP contribution in [0.1, 0.15) is 60.7 Å². The topological polar surface area (TPSA) is 67.4 Å². The average molecular weight is 383 g/mol. The summed E-state index contributed by atoms with van der Waals surface area (Å²) < 4.78 is 5.72. The van der Waals surface area contributed by atoms with Gasteiger partial charge in [0.25, 0.3) is 11.8 Å². The standard InChI is InChI=1S/C23H30N2O3/c1-4-5-13-24-22(26)18-8-6-10-20(15-18)25-23(27)19-9-7-11-21(16-19)28-14-12-17(2)3/h6-11,15-17H,4-5,12-14H2,1-3H3,(H,24,26)(H,25,27). The zero-order valence-electron chi connectivity index (χ0n) is 17.0. The number of unbranched alkanes of at least 4 members (excludes halogenated alkanes) is 1. The number of nitrogens with one attached hydrogen (secondary N) is 2. The van der Waals surface area contributed by atoms with Gasteiger partial charge in [-0.1, -0.05) is 39.3 Å². The predicted octanol–water partition coefficient (Wildman–Crippen LogP) is 4.89. The fourth-order valence-corrected chi connectivity index (χ4v) is 2.56. The summed E-state index contributed by atoms with van der Waals surface area (Å²) in [5, 5.41) is 5.73. The van der Waals surface area contributed by atoms with Crippen LogP contribution < -0.4 is 15.4 Å². The quantitative estimate of drug-likeness (QED) is 0.575. The molecule has 0 aromatic heterocycles. The molecule has 150 valence electrons. The van der Waals surface area contributed by atoms with Gasteiger partial charge in [-0.3, -0.25) is 9.59 Å². The number of amides is 2. The summed E-state index contributed by atoms with van der Waals surface area (Å²) in [4.78, 5) is 24.8. The molecule has 5 nitrogen and oxygen atoms in total. The minimum absolute atomic E-state index is 0.134. The second-order valence-corrected chi connectivity index (χ2v) is 7.20. The van der Waals surface area contributed by atoms with E-state index in [-0.39, 0.29) is 11.8 Å². The van der Waals surface area contributed by atoms with E-state index in [2.05, 4.69) is 31.4 Å². The molecule has 28 heavy (non-hydrogen) atoms. The van der Waals surface area contributed by atoms with Crippen LogP contribution in [0.3, 0.4) is 0 Å². The van der Waals surface area contributed by atoms with Gasteiger partial charge in [0, 0.05) is 23.4 Å². The van der Waals surface area contributed by atoms with Gasteiger partial charge in [0.1, 0.15) is 5.75 Å². The smallest absolute Gasteiger partial charge is 0.255 e. The third kappa shape index (κ3) is 7.06. The Morgan fingerprint density at radius 3 is 2.43 bits per heavy atom. The fourth-order valence-electron chi connectivity index (χ4n) is 2.56. The van der Waals surface area contributed by atoms with E-state index in [4.69, 9.17) is 4.74 Å². The molecule has 2 amide bonds. The third-order valence-electron chi connectivity index (χ3n) is 4.26. The highest BCUT2D eigenvalue weighted by molar-refractivity contribution is 6.05. The molecule has 0 unspecified atom stereocenters. The largest absolute Gasteiger partial charge is 0.494 e. The highest BCUT2D eigenvalue weighted by Crippen LogP contribution is 2.17. The monoisotopic (exact) mass is 382 g/mol. The normalized spacial score (nSPS) is 10.6. The molecular formula is C23H30N2O3. The molecular weight excluding hydrogens is 352 g/mol. The lowest BCUT2D eigenvalue weighted by atomic mass is 10.1. The molecule has 2 N–H and O–H groups in total. The Labute approximate surface area is 167 Å². The first-order valence-corrected chi connectivity index (χ1v) is 9.92. The van der Waals surface area contributed by atoms with Crippen molar-refractivity contribution in [2.24, 2.45) is 5.92 Å². The summed E-state index contributed by atoms with van der Waals surface area (Å²) in [6.45, 7) is 7.64. The van der Waals surface area contributed by atoms with Crippen molar-refractivity contribution in [2.45, 2.75) is 40.0 Å². The number of carbonyl (C=O) groups is 2. The van der Waals surface area contributed by atoms with Gasteiger partial charge in [0.15, 0.2) is 0 Å². The molecule has 2 aromatic rings. The number of hydrogen-bond acceptors (Lipinski definition) is 3. The molecule has 0 atom stereocenters. The van der Waals surface area contributed by atoms with Crippen molar-refractivity contribution < 1.29 is 14.3 Å². The Hall–Kier alpha value is -2.82. The summed E-state index contributed by atoms with van der Waals surface area (Å²) in [6, 6.07) is 14.1. The molecule has 2 rings (SSSR count). The number of benzene rings is 2. The lowest BCUT2D eigenvalue weighted by molar-refractivity contribution is 0.0951. The van der Waals surface area contributed by atoms with Crippen molar-refractivity contribution in [1.82, 2.24) is 5.32 Å². The molecule has 5 heteroatoms. The summed E-state index contributed by atoms with van der Waals surface area (Å²) in [5.41, 5.74) is 1.62. The van der Waals surface area contributed by atoms with Crippen LogP contribution >= 0.6 is 0 Å². The minimum atomic E-state index is -0.238. The van der Waals surface area contributed by atoms with E-state index in [1.807, 2.05) is 6.07 Å². The van der Waals surface area contributed by atoms with Gasteiger partial charge >= 0.3 is 0 Å². The molecule has 0 spiro atoms. The SMILES string of the molecule is CCCCNC(=O)c1cccc(NC(=O)c2cccc(OCCC(C)C)c2)c1. The zero-order chi connectivity index (χ0) is 20.4. The molecule has 0 bridgehead atoms. The number of anilines is 1. The Kier molecular flexibility index (Phi) is 8.53. The molecule has 0 saturated carbocycles. The Balaban J connectivity index is 1.99. The second-order valence-electron chi connectivity index (χ2n) is 7.20. The highest BCUT2D eigenvalue weighted by Gasteiger charge is 2.10. The van der Waals surface area contributed by atoms with Crippen molar-refractivity contribution in [3.05, 3.63) is 59.7 Å². The van der Waals surface area contributed by atoms with Crippen LogP contribution in [0.5, 0.6) is 5.75 Å². The number of carbonyl (C=O) groups excluding carboxylic acids is 2. The Bertz CT molecular complexity index is 787. The molecule has 0 radical (unpaired) electrons. The maximum atomic E-state index is 12.6. The van der Waals surface area contributed by atoms with Crippen LogP contribution in [0.15, 0.2) is 48.5 Å². The van der Waals surface area contributed by atoms with E-state index >= 15 is 0 Å². The maximum absolute atomic E-state index is 12.6. The van der Waals surface area contributed by atoms with Crippen LogP contribution in [-0.2, 0) is 0 Å². The number of rotatable bonds is 10. The molecule has 0 fully saturated rings. The van der Waals surface area contributed by atoms with E-state index in [1.165, 1.54) is 0 Å². The van der Waals surface area contributed by atoms with Crippen LogP contribution in [0.4, 0.5) is 5.69 Å². The number of hydrogen-bond donors (Lipinski definition) is 2. The van der Waals surface area contributed by atoms with Crippen molar-refractivity contribution in [2.75, 3.05) is 18.5 Å². The van der Waals surface area contributed by atoms with Crippen molar-refractivity contribution in [3.63, 3.8) is 0 Å². The van der Waals surface area contributed by atoms with Crippen molar-refractivity contribution in [3.8, 4) is 5.75 Å². The summed E-state index contributed by atoms with van der Waals surface area (Å²) in [5.74, 6) is 0.873. The van der Waals surface area contributed by atoms with Crippen LogP contribution in [0.25, 0.3) is 0 Å². The van der Waals surface area contributed by atoms with E-state index < -0.39 is 0 Å². The van der Waals surface area contributed by atoms with E-state index in [1.54, 1.807) is 42.5 Å². The average Bonchev–Trinajstić information content (AvgIpc) is 2.68. The van der Waals surface area contributed by atoms with Crippen molar-refractivity contribution >= 4 is 17.5 Å². The summed E-state index contributed by atoms with van der Waals surface area (Å²) >= 11 is 0. The van der Waals surface area contributed by atoms with Gasteiger partial charge in [-0.05, 0) is 55.2 Å². The van der Waals surface area contributed by atoms with E-state index in [0.717, 1.165) is 19.3 Å². The van der Waals surface area contributed by atoms with Gasteiger partial charge in [-0.15, -0.1) is 0 Å². The van der Waals surface area contributed by atoms with Gasteiger partial charge < -0.3 is 15.4 Å². The summed E-state index contributed by atoms with van der Waals surface area (Å²) in [7, 11) is 0. The molecule has 0 aliphatic heterocycles. The maximum Gasteiger partial charge on any atom is 0.255 e. The minimum Gasteiger partial charge on any atom is -0.494 e. The second kappa shape index (κ2) is 11.1. The Morgan fingerprint density at radius 2 is 1.71 bits per heavy atom. The lowest BCUT2D eigenvalue weighted by Gasteiger charge is -2.11. The molecule has 0 heterocycles. The first-order chi connectivity index (χ1) is 13.5. The number of ether oxygens (including phenoxy) is 1. The zero-order valence-corrected chi connectivity index (χ0v) is 17.0. The predicted molar refractivity (Wildman–Crippen MR) is 113 cm³/mol. The fraction of sp³-hybridized carbons (Fsp3) is 0.391.